The fraction of sp³-hybridized carbons (Fsp3) is 0.680. The minimum Gasteiger partial charge on any atom is -0.370 e. The van der Waals surface area contributed by atoms with Gasteiger partial charge in [0.25, 0.3) is 0 Å². The second-order valence-electron chi connectivity index (χ2n) is 9.99. The Kier molecular flexibility index (Phi) is 7.58. The molecule has 5 rings (SSSR count). The van der Waals surface area contributed by atoms with E-state index < -0.39 is 0 Å². The van der Waals surface area contributed by atoms with Crippen LogP contribution in [0.25, 0.3) is 0 Å². The van der Waals surface area contributed by atoms with Crippen LogP contribution in [-0.2, 0) is 11.3 Å². The number of nitrogens with zero attached hydrogens (tertiary/aromatic N) is 5. The molecule has 9 nitrogen and oxygen atoms in total. The van der Waals surface area contributed by atoms with E-state index >= 15 is 0 Å². The highest BCUT2D eigenvalue weighted by Crippen LogP contribution is 2.42. The zero-order valence-corrected chi connectivity index (χ0v) is 20.1. The molecule has 3 heterocycles. The van der Waals surface area contributed by atoms with Gasteiger partial charge < -0.3 is 20.9 Å². The van der Waals surface area contributed by atoms with Gasteiger partial charge in [0.15, 0.2) is 0 Å². The summed E-state index contributed by atoms with van der Waals surface area (Å²) < 4.78 is 1.99. The summed E-state index contributed by atoms with van der Waals surface area (Å²) >= 11 is 0. The number of amides is 1. The van der Waals surface area contributed by atoms with Crippen LogP contribution < -0.4 is 16.0 Å². The summed E-state index contributed by atoms with van der Waals surface area (Å²) in [5.74, 6) is 2.52. The number of carbonyl (C=O) groups excluding carboxylic acids is 1. The Morgan fingerprint density at radius 3 is 2.62 bits per heavy atom. The number of hydrogen-bond acceptors (Lipinski definition) is 7. The van der Waals surface area contributed by atoms with Crippen molar-refractivity contribution in [3.05, 3.63) is 24.2 Å². The molecule has 0 unspecified atom stereocenters. The van der Waals surface area contributed by atoms with E-state index in [-0.39, 0.29) is 11.8 Å². The Morgan fingerprint density at radius 1 is 1.00 bits per heavy atom. The van der Waals surface area contributed by atoms with Gasteiger partial charge in [0.1, 0.15) is 5.82 Å². The van der Waals surface area contributed by atoms with E-state index in [9.17, 15) is 4.79 Å². The van der Waals surface area contributed by atoms with E-state index in [0.717, 1.165) is 50.4 Å². The summed E-state index contributed by atoms with van der Waals surface area (Å²) in [7, 11) is 0. The first-order chi connectivity index (χ1) is 16.7. The smallest absolute Gasteiger partial charge is 0.229 e. The van der Waals surface area contributed by atoms with Crippen LogP contribution in [0.2, 0.25) is 0 Å². The minimum atomic E-state index is 0.218. The number of nitrogens with one attached hydrogen (secondary N) is 3. The van der Waals surface area contributed by atoms with E-state index in [2.05, 4.69) is 30.9 Å². The van der Waals surface area contributed by atoms with Crippen molar-refractivity contribution in [3.63, 3.8) is 0 Å². The van der Waals surface area contributed by atoms with Gasteiger partial charge >= 0.3 is 0 Å². The zero-order valence-electron chi connectivity index (χ0n) is 20.1. The van der Waals surface area contributed by atoms with Crippen LogP contribution in [0.1, 0.15) is 69.3 Å². The number of aromatic nitrogens is 4. The van der Waals surface area contributed by atoms with Gasteiger partial charge in [-0.1, -0.05) is 12.8 Å². The SMILES string of the molecule is O=C(NCCCNc1nc(Nc2cnn(CCN3CCCCC3)c2)ncc1C1CC1)C1CCC1. The number of carbonyl (C=O) groups is 1. The average molecular weight is 467 g/mol. The fourth-order valence-corrected chi connectivity index (χ4v) is 4.71. The Balaban J connectivity index is 1.11. The summed E-state index contributed by atoms with van der Waals surface area (Å²) in [6, 6.07) is 0. The molecule has 2 saturated carbocycles. The Hall–Kier alpha value is -2.68. The summed E-state index contributed by atoms with van der Waals surface area (Å²) in [6.07, 6.45) is 16.4. The molecule has 0 bridgehead atoms. The number of hydrogen-bond donors (Lipinski definition) is 3. The first-order valence-corrected chi connectivity index (χ1v) is 13.1. The molecule has 9 heteroatoms. The van der Waals surface area contributed by atoms with Crippen molar-refractivity contribution in [1.29, 1.82) is 0 Å². The summed E-state index contributed by atoms with van der Waals surface area (Å²) in [5, 5.41) is 14.4. The van der Waals surface area contributed by atoms with Gasteiger partial charge in [-0.25, -0.2) is 4.98 Å². The third-order valence-corrected chi connectivity index (χ3v) is 7.24. The zero-order chi connectivity index (χ0) is 23.2. The molecule has 184 valence electrons. The molecule has 2 aromatic heterocycles. The lowest BCUT2D eigenvalue weighted by Gasteiger charge is -2.26. The van der Waals surface area contributed by atoms with E-state index in [1.54, 1.807) is 0 Å². The molecule has 1 amide bonds. The highest BCUT2D eigenvalue weighted by molar-refractivity contribution is 5.79. The lowest BCUT2D eigenvalue weighted by molar-refractivity contribution is -0.127. The van der Waals surface area contributed by atoms with Crippen LogP contribution in [0.5, 0.6) is 0 Å². The van der Waals surface area contributed by atoms with Crippen LogP contribution in [0.4, 0.5) is 17.5 Å². The summed E-state index contributed by atoms with van der Waals surface area (Å²) in [5.41, 5.74) is 2.10. The highest BCUT2D eigenvalue weighted by Gasteiger charge is 2.28. The van der Waals surface area contributed by atoms with E-state index in [1.165, 1.54) is 57.2 Å². The van der Waals surface area contributed by atoms with Crippen molar-refractivity contribution in [2.24, 2.45) is 5.92 Å². The van der Waals surface area contributed by atoms with Crippen molar-refractivity contribution >= 4 is 23.4 Å². The molecule has 0 atom stereocenters. The minimum absolute atomic E-state index is 0.218. The Morgan fingerprint density at radius 2 is 1.85 bits per heavy atom. The van der Waals surface area contributed by atoms with Crippen molar-refractivity contribution in [1.82, 2.24) is 30.0 Å². The maximum absolute atomic E-state index is 12.0. The molecule has 0 spiro atoms. The van der Waals surface area contributed by atoms with E-state index in [0.29, 0.717) is 18.4 Å². The number of piperidine rings is 1. The van der Waals surface area contributed by atoms with Gasteiger partial charge in [-0.15, -0.1) is 0 Å². The first-order valence-electron chi connectivity index (χ1n) is 13.1. The fourth-order valence-electron chi connectivity index (χ4n) is 4.71. The van der Waals surface area contributed by atoms with Crippen molar-refractivity contribution < 1.29 is 4.79 Å². The van der Waals surface area contributed by atoms with E-state index in [1.807, 2.05) is 23.3 Å². The number of anilines is 3. The van der Waals surface area contributed by atoms with Gasteiger partial charge in [-0.3, -0.25) is 9.48 Å². The van der Waals surface area contributed by atoms with Crippen LogP contribution in [0, 0.1) is 5.92 Å². The van der Waals surface area contributed by atoms with Crippen LogP contribution in [-0.4, -0.2) is 63.3 Å². The first kappa shape index (κ1) is 23.1. The average Bonchev–Trinajstić information content (AvgIpc) is 3.56. The van der Waals surface area contributed by atoms with Crippen LogP contribution in [0.15, 0.2) is 18.6 Å². The van der Waals surface area contributed by atoms with Crippen molar-refractivity contribution in [3.8, 4) is 0 Å². The monoisotopic (exact) mass is 466 g/mol. The highest BCUT2D eigenvalue weighted by atomic mass is 16.1. The molecule has 2 aromatic rings. The maximum Gasteiger partial charge on any atom is 0.229 e. The normalized spacial score (nSPS) is 18.9. The molecule has 34 heavy (non-hydrogen) atoms. The maximum atomic E-state index is 12.0. The summed E-state index contributed by atoms with van der Waals surface area (Å²) in [4.78, 5) is 23.8. The molecule has 0 aromatic carbocycles. The quantitative estimate of drug-likeness (QED) is 0.412. The molecule has 0 radical (unpaired) electrons. The molecule has 3 fully saturated rings. The molecule has 3 aliphatic rings. The molecular formula is C25H38N8O. The van der Waals surface area contributed by atoms with Crippen molar-refractivity contribution in [2.45, 2.75) is 70.3 Å². The standard InChI is InChI=1S/C25H38N8O/c34-24(20-6-4-7-20)27-11-5-10-26-23-22(19-8-9-19)17-28-25(31-23)30-21-16-29-33(18-21)15-14-32-12-2-1-3-13-32/h16-20H,1-15H2,(H,27,34)(H2,26,28,30,31). The molecule has 2 aliphatic carbocycles. The van der Waals surface area contributed by atoms with Gasteiger partial charge in [-0.2, -0.15) is 10.1 Å². The topological polar surface area (TPSA) is 100 Å². The number of likely N-dealkylation sites (tertiary alicyclic amines) is 1. The molecular weight excluding hydrogens is 428 g/mol. The lowest BCUT2D eigenvalue weighted by Crippen LogP contribution is -2.35. The molecule has 1 aliphatic heterocycles. The van der Waals surface area contributed by atoms with Crippen LogP contribution >= 0.6 is 0 Å². The number of rotatable bonds is 12. The third kappa shape index (κ3) is 6.25. The summed E-state index contributed by atoms with van der Waals surface area (Å²) in [6.45, 7) is 5.83. The third-order valence-electron chi connectivity index (χ3n) is 7.24. The Bertz CT molecular complexity index is 946. The van der Waals surface area contributed by atoms with Gasteiger partial charge in [0.05, 0.1) is 18.4 Å². The second kappa shape index (κ2) is 11.2. The molecule has 1 saturated heterocycles. The van der Waals surface area contributed by atoms with Gasteiger partial charge in [0, 0.05) is 43.5 Å². The lowest BCUT2D eigenvalue weighted by atomic mass is 9.85. The van der Waals surface area contributed by atoms with E-state index in [4.69, 9.17) is 4.98 Å². The van der Waals surface area contributed by atoms with Gasteiger partial charge in [0.2, 0.25) is 11.9 Å². The van der Waals surface area contributed by atoms with Crippen LogP contribution in [0.3, 0.4) is 0 Å². The predicted molar refractivity (Wildman–Crippen MR) is 133 cm³/mol. The second-order valence-corrected chi connectivity index (χ2v) is 9.99. The van der Waals surface area contributed by atoms with Gasteiger partial charge in [-0.05, 0) is 64.0 Å². The Labute approximate surface area is 202 Å². The predicted octanol–water partition coefficient (Wildman–Crippen LogP) is 3.50. The largest absolute Gasteiger partial charge is 0.370 e. The van der Waals surface area contributed by atoms with Crippen molar-refractivity contribution in [2.75, 3.05) is 43.4 Å². The molecule has 3 N–H and O–H groups in total.